The number of hydrogen-bond acceptors (Lipinski definition) is 1. The van der Waals surface area contributed by atoms with Crippen LogP contribution in [0, 0.1) is 0 Å². The number of nitrogens with zero attached hydrogens (tertiary/aromatic N) is 1. The van der Waals surface area contributed by atoms with Crippen LogP contribution in [0.1, 0.15) is 57.1 Å². The normalized spacial score (nSPS) is 15.7. The second kappa shape index (κ2) is 6.73. The van der Waals surface area contributed by atoms with Crippen LogP contribution in [0.5, 0.6) is 0 Å². The van der Waals surface area contributed by atoms with E-state index in [1.54, 1.807) is 12.2 Å². The molecule has 0 radical (unpaired) electrons. The molecule has 1 nitrogen and oxygen atoms in total. The Morgan fingerprint density at radius 3 is 2.00 bits per heavy atom. The number of alkyl halides is 3. The third kappa shape index (κ3) is 3.92. The average Bonchev–Trinajstić information content (AvgIpc) is 2.96. The van der Waals surface area contributed by atoms with E-state index in [2.05, 4.69) is 4.99 Å². The molecule has 0 fully saturated rings. The minimum Gasteiger partial charge on any atom is -0.243 e. The van der Waals surface area contributed by atoms with Crippen molar-refractivity contribution in [3.05, 3.63) is 53.1 Å². The molecular formula is C19H22F3N. The molecule has 1 aliphatic carbocycles. The number of hydrogen-bond donors (Lipinski definition) is 0. The maximum atomic E-state index is 13.5. The molecule has 23 heavy (non-hydrogen) atoms. The average molecular weight is 321 g/mol. The van der Waals surface area contributed by atoms with Crippen molar-refractivity contribution in [1.29, 1.82) is 0 Å². The predicted molar refractivity (Wildman–Crippen MR) is 89.6 cm³/mol. The van der Waals surface area contributed by atoms with Crippen LogP contribution < -0.4 is 0 Å². The zero-order valence-corrected chi connectivity index (χ0v) is 13.9. The van der Waals surface area contributed by atoms with Gasteiger partial charge < -0.3 is 0 Å². The lowest BCUT2D eigenvalue weighted by molar-refractivity contribution is -0.0582. The first-order valence-corrected chi connectivity index (χ1v) is 7.86. The third-order valence-electron chi connectivity index (χ3n) is 3.91. The van der Waals surface area contributed by atoms with Crippen molar-refractivity contribution in [2.45, 2.75) is 52.1 Å². The summed E-state index contributed by atoms with van der Waals surface area (Å²) in [5.41, 5.74) is 1.62. The first kappa shape index (κ1) is 17.5. The van der Waals surface area contributed by atoms with Crippen LogP contribution in [-0.4, -0.2) is 11.9 Å². The second-order valence-electron chi connectivity index (χ2n) is 6.38. The van der Waals surface area contributed by atoms with E-state index in [1.165, 1.54) is 6.08 Å². The Hall–Kier alpha value is -1.84. The molecule has 0 atom stereocenters. The Kier molecular flexibility index (Phi) is 5.12. The van der Waals surface area contributed by atoms with Crippen molar-refractivity contribution in [2.75, 3.05) is 0 Å². The van der Waals surface area contributed by atoms with Gasteiger partial charge in [-0.15, -0.1) is 0 Å². The number of para-hydroxylation sites is 1. The monoisotopic (exact) mass is 321 g/mol. The Morgan fingerprint density at radius 2 is 1.61 bits per heavy atom. The van der Waals surface area contributed by atoms with Crippen molar-refractivity contribution in [3.63, 3.8) is 0 Å². The third-order valence-corrected chi connectivity index (χ3v) is 3.91. The van der Waals surface area contributed by atoms with Crippen LogP contribution in [-0.2, 0) is 0 Å². The lowest BCUT2D eigenvalue weighted by Crippen LogP contribution is -2.24. The van der Waals surface area contributed by atoms with E-state index in [1.807, 2.05) is 45.9 Å². The molecule has 4 heteroatoms. The quantitative estimate of drug-likeness (QED) is 0.565. The zero-order valence-electron chi connectivity index (χ0n) is 13.9. The van der Waals surface area contributed by atoms with Gasteiger partial charge in [0.15, 0.2) is 0 Å². The van der Waals surface area contributed by atoms with Crippen LogP contribution in [0.25, 0.3) is 0 Å². The van der Waals surface area contributed by atoms with Crippen molar-refractivity contribution in [1.82, 2.24) is 0 Å². The largest absolute Gasteiger partial charge is 0.433 e. The molecule has 0 unspecified atom stereocenters. The zero-order chi connectivity index (χ0) is 17.2. The summed E-state index contributed by atoms with van der Waals surface area (Å²) in [5.74, 6) is 0.218. The van der Waals surface area contributed by atoms with Crippen LogP contribution in [0.2, 0.25) is 0 Å². The molecule has 1 aromatic rings. The number of benzene rings is 1. The minimum atomic E-state index is -4.46. The number of allylic oxidation sites excluding steroid dienone is 4. The SMILES string of the molecule is CC(C)c1cccc(C(C)C)c1N=C(C1=CC=CC1)C(F)(F)F. The standard InChI is InChI=1S/C19H22F3N/c1-12(2)15-10-7-11-16(13(3)4)17(15)23-18(19(20,21)22)14-8-5-6-9-14/h5-8,10-13H,9H2,1-4H3. The van der Waals surface area contributed by atoms with Gasteiger partial charge in [0.05, 0.1) is 5.69 Å². The molecule has 124 valence electrons. The van der Waals surface area contributed by atoms with E-state index >= 15 is 0 Å². The Balaban J connectivity index is 2.66. The second-order valence-corrected chi connectivity index (χ2v) is 6.38. The highest BCUT2D eigenvalue weighted by Gasteiger charge is 2.38. The van der Waals surface area contributed by atoms with Crippen LogP contribution >= 0.6 is 0 Å². The number of halogens is 3. The molecular weight excluding hydrogens is 299 g/mol. The molecule has 0 heterocycles. The van der Waals surface area contributed by atoms with Gasteiger partial charge in [0.1, 0.15) is 5.71 Å². The number of aliphatic imine (C=N–C) groups is 1. The first-order valence-electron chi connectivity index (χ1n) is 7.86. The molecule has 2 rings (SSSR count). The fraction of sp³-hybridized carbons (Fsp3) is 0.421. The summed E-state index contributed by atoms with van der Waals surface area (Å²) in [5, 5.41) is 0. The van der Waals surface area contributed by atoms with Gasteiger partial charge in [-0.05, 0) is 35.0 Å². The summed E-state index contributed by atoms with van der Waals surface area (Å²) < 4.78 is 40.6. The number of rotatable bonds is 4. The van der Waals surface area contributed by atoms with Gasteiger partial charge in [-0.2, -0.15) is 13.2 Å². The van der Waals surface area contributed by atoms with Gasteiger partial charge in [0.25, 0.3) is 0 Å². The topological polar surface area (TPSA) is 12.4 Å². The molecule has 0 amide bonds. The molecule has 0 spiro atoms. The Labute approximate surface area is 135 Å². The van der Waals surface area contributed by atoms with Gasteiger partial charge in [0, 0.05) is 0 Å². The van der Waals surface area contributed by atoms with Crippen LogP contribution in [0.3, 0.4) is 0 Å². The highest BCUT2D eigenvalue weighted by molar-refractivity contribution is 6.06. The van der Waals surface area contributed by atoms with Gasteiger partial charge >= 0.3 is 6.18 Å². The van der Waals surface area contributed by atoms with E-state index in [-0.39, 0.29) is 23.8 Å². The summed E-state index contributed by atoms with van der Waals surface area (Å²) in [6, 6.07) is 5.63. The lowest BCUT2D eigenvalue weighted by Gasteiger charge is -2.19. The van der Waals surface area contributed by atoms with Crippen molar-refractivity contribution >= 4 is 11.4 Å². The molecule has 1 aliphatic rings. The molecule has 0 aliphatic heterocycles. The Morgan fingerprint density at radius 1 is 1.04 bits per heavy atom. The van der Waals surface area contributed by atoms with E-state index in [9.17, 15) is 13.2 Å². The maximum Gasteiger partial charge on any atom is 0.433 e. The van der Waals surface area contributed by atoms with E-state index in [0.717, 1.165) is 11.1 Å². The molecule has 0 saturated heterocycles. The highest BCUT2D eigenvalue weighted by atomic mass is 19.4. The molecule has 0 N–H and O–H groups in total. The summed E-state index contributed by atoms with van der Waals surface area (Å²) in [6.45, 7) is 7.90. The lowest BCUT2D eigenvalue weighted by atomic mass is 9.92. The highest BCUT2D eigenvalue weighted by Crippen LogP contribution is 2.37. The summed E-state index contributed by atoms with van der Waals surface area (Å²) in [4.78, 5) is 4.14. The summed E-state index contributed by atoms with van der Waals surface area (Å²) >= 11 is 0. The first-order chi connectivity index (χ1) is 10.7. The van der Waals surface area contributed by atoms with E-state index < -0.39 is 11.9 Å². The van der Waals surface area contributed by atoms with E-state index in [0.29, 0.717) is 5.69 Å². The van der Waals surface area contributed by atoms with Crippen LogP contribution in [0.4, 0.5) is 18.9 Å². The molecule has 1 aromatic carbocycles. The van der Waals surface area contributed by atoms with Gasteiger partial charge in [0.2, 0.25) is 0 Å². The van der Waals surface area contributed by atoms with E-state index in [4.69, 9.17) is 0 Å². The fourth-order valence-electron chi connectivity index (χ4n) is 2.69. The van der Waals surface area contributed by atoms with Crippen LogP contribution in [0.15, 0.2) is 47.0 Å². The van der Waals surface area contributed by atoms with Crippen molar-refractivity contribution < 1.29 is 13.2 Å². The van der Waals surface area contributed by atoms with Crippen molar-refractivity contribution in [3.8, 4) is 0 Å². The summed E-state index contributed by atoms with van der Waals surface area (Å²) in [6.07, 6.45) is 0.678. The van der Waals surface area contributed by atoms with Gasteiger partial charge in [-0.1, -0.05) is 64.1 Å². The van der Waals surface area contributed by atoms with Gasteiger partial charge in [-0.3, -0.25) is 0 Å². The molecule has 0 aromatic heterocycles. The predicted octanol–water partition coefficient (Wildman–Crippen LogP) is 6.45. The van der Waals surface area contributed by atoms with Gasteiger partial charge in [-0.25, -0.2) is 4.99 Å². The van der Waals surface area contributed by atoms with Crippen molar-refractivity contribution in [2.24, 2.45) is 4.99 Å². The molecule has 0 saturated carbocycles. The fourth-order valence-corrected chi connectivity index (χ4v) is 2.69. The summed E-state index contributed by atoms with van der Waals surface area (Å²) in [7, 11) is 0. The molecule has 0 bridgehead atoms. The smallest absolute Gasteiger partial charge is 0.243 e. The maximum absolute atomic E-state index is 13.5. The minimum absolute atomic E-state index is 0.109. The Bertz CT molecular complexity index is 635.